The number of carbonyl (C=O) groups is 4. The third kappa shape index (κ3) is 20.4. The number of aliphatic carboxylic acids is 1. The van der Waals surface area contributed by atoms with Crippen LogP contribution in [0.3, 0.4) is 0 Å². The highest BCUT2D eigenvalue weighted by Gasteiger charge is 2.19. The fourth-order valence-corrected chi connectivity index (χ4v) is 6.23. The molecule has 0 radical (unpaired) electrons. The number of carboxylic acids is 1. The maximum atomic E-state index is 14.5. The summed E-state index contributed by atoms with van der Waals surface area (Å²) in [5.74, 6) is -2.27. The van der Waals surface area contributed by atoms with E-state index >= 15 is 0 Å². The van der Waals surface area contributed by atoms with Gasteiger partial charge in [-0.15, -0.1) is 0 Å². The van der Waals surface area contributed by atoms with Gasteiger partial charge < -0.3 is 44.2 Å². The van der Waals surface area contributed by atoms with E-state index in [2.05, 4.69) is 20.6 Å². The van der Waals surface area contributed by atoms with Crippen molar-refractivity contribution >= 4 is 33.6 Å². The van der Waals surface area contributed by atoms with E-state index in [9.17, 15) is 32.0 Å². The maximum Gasteiger partial charge on any atom is 0.329 e. The number of carbonyl (C=O) groups excluding carboxylic acids is 3. The number of benzene rings is 2. The summed E-state index contributed by atoms with van der Waals surface area (Å²) < 4.78 is 72.5. The summed E-state index contributed by atoms with van der Waals surface area (Å²) in [6.45, 7) is 6.36. The van der Waals surface area contributed by atoms with Gasteiger partial charge in [0, 0.05) is 31.9 Å². The molecular weight excluding hydrogens is 796 g/mol. The number of nitrogens with one attached hydrogen (secondary N) is 2. The molecule has 0 fully saturated rings. The number of nitrogens with zero attached hydrogens (tertiary/aromatic N) is 2. The van der Waals surface area contributed by atoms with E-state index in [4.69, 9.17) is 33.5 Å². The summed E-state index contributed by atoms with van der Waals surface area (Å²) in [5, 5.41) is 13.7. The molecule has 1 heterocycles. The van der Waals surface area contributed by atoms with E-state index in [0.717, 1.165) is 6.42 Å². The van der Waals surface area contributed by atoms with Crippen molar-refractivity contribution in [2.75, 3.05) is 65.9 Å². The van der Waals surface area contributed by atoms with E-state index in [0.29, 0.717) is 42.7 Å². The Morgan fingerprint density at radius 3 is 2.02 bits per heavy atom. The topological polar surface area (TPSA) is 228 Å². The molecule has 0 aliphatic heterocycles. The molecule has 0 unspecified atom stereocenters. The second kappa shape index (κ2) is 25.4. The van der Waals surface area contributed by atoms with Crippen LogP contribution >= 0.6 is 0 Å². The van der Waals surface area contributed by atoms with E-state index in [-0.39, 0.29) is 93.3 Å². The molecule has 59 heavy (non-hydrogen) atoms. The third-order valence-electron chi connectivity index (χ3n) is 7.77. The zero-order valence-electron chi connectivity index (χ0n) is 33.5. The van der Waals surface area contributed by atoms with Crippen LogP contribution in [0.4, 0.5) is 4.39 Å². The number of aromatic nitrogens is 2. The molecule has 324 valence electrons. The lowest BCUT2D eigenvalue weighted by atomic mass is 10.1. The van der Waals surface area contributed by atoms with Gasteiger partial charge >= 0.3 is 11.9 Å². The molecule has 1 aromatic heterocycles. The molecule has 0 saturated carbocycles. The van der Waals surface area contributed by atoms with Crippen molar-refractivity contribution in [1.29, 1.82) is 0 Å². The molecule has 3 aromatic rings. The molecule has 0 saturated heterocycles. The maximum absolute atomic E-state index is 14.5. The van der Waals surface area contributed by atoms with Gasteiger partial charge in [-0.3, -0.25) is 14.4 Å². The molecule has 0 spiro atoms. The molecule has 19 heteroatoms. The van der Waals surface area contributed by atoms with E-state index < -0.39 is 39.7 Å². The average Bonchev–Trinajstić information content (AvgIpc) is 3.17. The van der Waals surface area contributed by atoms with Crippen LogP contribution in [0.5, 0.6) is 11.5 Å². The minimum Gasteiger partial charge on any atom is -0.480 e. The fourth-order valence-electron chi connectivity index (χ4n) is 5.03. The largest absolute Gasteiger partial charge is 0.480 e. The summed E-state index contributed by atoms with van der Waals surface area (Å²) in [6.07, 6.45) is 5.26. The number of rotatable bonds is 28. The van der Waals surface area contributed by atoms with Gasteiger partial charge in [0.2, 0.25) is 5.91 Å². The second-order valence-electron chi connectivity index (χ2n) is 14.0. The van der Waals surface area contributed by atoms with Crippen LogP contribution in [-0.2, 0) is 60.1 Å². The Morgan fingerprint density at radius 1 is 0.763 bits per heavy atom. The van der Waals surface area contributed by atoms with Gasteiger partial charge in [-0.2, -0.15) is 0 Å². The number of hydrogen-bond acceptors (Lipinski definition) is 14. The predicted molar refractivity (Wildman–Crippen MR) is 210 cm³/mol. The van der Waals surface area contributed by atoms with Crippen molar-refractivity contribution in [2.45, 2.75) is 69.1 Å². The molecule has 0 aliphatic rings. The van der Waals surface area contributed by atoms with Crippen molar-refractivity contribution in [3.05, 3.63) is 77.6 Å². The molecule has 2 aromatic carbocycles. The lowest BCUT2D eigenvalue weighted by Crippen LogP contribution is -2.31. The highest BCUT2D eigenvalue weighted by atomic mass is 32.2. The van der Waals surface area contributed by atoms with Gasteiger partial charge in [0.05, 0.1) is 50.1 Å². The summed E-state index contributed by atoms with van der Waals surface area (Å²) in [7, 11) is -3.85. The number of carboxylic acid groups (broad SMARTS) is 1. The number of ether oxygens (including phenoxy) is 6. The number of halogens is 1. The highest BCUT2D eigenvalue weighted by molar-refractivity contribution is 7.90. The predicted octanol–water partition coefficient (Wildman–Crippen LogP) is 3.82. The first-order valence-electron chi connectivity index (χ1n) is 19.0. The zero-order valence-corrected chi connectivity index (χ0v) is 34.4. The van der Waals surface area contributed by atoms with Crippen LogP contribution in [0.1, 0.15) is 68.2 Å². The summed E-state index contributed by atoms with van der Waals surface area (Å²) in [4.78, 5) is 54.6. The van der Waals surface area contributed by atoms with Crippen LogP contribution in [-0.4, -0.2) is 119 Å². The number of aryl methyl sites for hydroxylation is 1. The lowest BCUT2D eigenvalue weighted by molar-refractivity contribution is -0.155. The molecule has 0 atom stereocenters. The second-order valence-corrected chi connectivity index (χ2v) is 15.9. The minimum atomic E-state index is -3.85. The van der Waals surface area contributed by atoms with Crippen molar-refractivity contribution < 1.29 is 65.5 Å². The molecule has 2 amide bonds. The molecule has 0 bridgehead atoms. The van der Waals surface area contributed by atoms with E-state index in [1.165, 1.54) is 48.8 Å². The molecule has 17 nitrogen and oxygen atoms in total. The van der Waals surface area contributed by atoms with Gasteiger partial charge in [0.1, 0.15) is 47.7 Å². The van der Waals surface area contributed by atoms with E-state index in [1.54, 1.807) is 6.07 Å². The molecule has 3 rings (SSSR count). The Morgan fingerprint density at radius 2 is 1.37 bits per heavy atom. The fraction of sp³-hybridized carbons (Fsp3) is 0.500. The first-order chi connectivity index (χ1) is 28.1. The summed E-state index contributed by atoms with van der Waals surface area (Å²) in [6, 6.07) is 10.2. The Bertz CT molecular complexity index is 1890. The lowest BCUT2D eigenvalue weighted by Gasteiger charge is -2.19. The smallest absolute Gasteiger partial charge is 0.329 e. The third-order valence-corrected chi connectivity index (χ3v) is 9.40. The van der Waals surface area contributed by atoms with Gasteiger partial charge in [-0.25, -0.2) is 27.6 Å². The standard InChI is InChI=1S/C40H53FN4O13S/c1-40(2,3)58-38(49)8-6-4-5-7-29-23-32(11-14-34(29)41)57-31-9-12-33(13-10-31)59(51,52)28-35-44-24-30(25-45-35)39(50)43-16-18-54-19-21-55-26-36(46)42-15-17-53-20-22-56-27-37(47)48/h9-14,23-25H,4-8,15-22,26-28H2,1-3H3,(H,42,46)(H,43,50)(H,47,48). The van der Waals surface area contributed by atoms with Crippen LogP contribution in [0.15, 0.2) is 59.8 Å². The Labute approximate surface area is 343 Å². The normalized spacial score (nSPS) is 11.5. The number of unbranched alkanes of at least 4 members (excludes halogenated alkanes) is 2. The number of hydrogen-bond donors (Lipinski definition) is 3. The van der Waals surface area contributed by atoms with Crippen molar-refractivity contribution in [2.24, 2.45) is 0 Å². The number of esters is 1. The monoisotopic (exact) mass is 848 g/mol. The number of sulfone groups is 1. The van der Waals surface area contributed by atoms with Crippen LogP contribution in [0, 0.1) is 5.82 Å². The molecule has 0 aliphatic carbocycles. The number of amides is 2. The minimum absolute atomic E-state index is 0.00373. The SMILES string of the molecule is CC(C)(C)OC(=O)CCCCCc1cc(Oc2ccc(S(=O)(=O)Cc3ncc(C(=O)NCCOCCOCC(=O)NCCOCCOCC(=O)O)cn3)cc2)ccc1F. The van der Waals surface area contributed by atoms with E-state index in [1.807, 2.05) is 20.8 Å². The Balaban J connectivity index is 1.31. The van der Waals surface area contributed by atoms with Crippen LogP contribution in [0.2, 0.25) is 0 Å². The quantitative estimate of drug-likeness (QED) is 0.0697. The van der Waals surface area contributed by atoms with Gasteiger partial charge in [0.25, 0.3) is 5.91 Å². The van der Waals surface area contributed by atoms with Crippen molar-refractivity contribution in [3.8, 4) is 11.5 Å². The van der Waals surface area contributed by atoms with Gasteiger partial charge in [0.15, 0.2) is 9.84 Å². The average molecular weight is 849 g/mol. The Kier molecular flexibility index (Phi) is 20.8. The zero-order chi connectivity index (χ0) is 43.1. The van der Waals surface area contributed by atoms with Crippen molar-refractivity contribution in [1.82, 2.24) is 20.6 Å². The van der Waals surface area contributed by atoms with Crippen LogP contribution < -0.4 is 15.4 Å². The first kappa shape index (κ1) is 48.3. The van der Waals surface area contributed by atoms with Crippen molar-refractivity contribution in [3.63, 3.8) is 0 Å². The summed E-state index contributed by atoms with van der Waals surface area (Å²) in [5.41, 5.74) is 0.0653. The Hall–Kier alpha value is -5.08. The highest BCUT2D eigenvalue weighted by Crippen LogP contribution is 2.27. The van der Waals surface area contributed by atoms with Gasteiger partial charge in [-0.1, -0.05) is 6.42 Å². The van der Waals surface area contributed by atoms with Gasteiger partial charge in [-0.05, 0) is 88.1 Å². The van der Waals surface area contributed by atoms with Crippen LogP contribution in [0.25, 0.3) is 0 Å². The first-order valence-corrected chi connectivity index (χ1v) is 20.7. The molecular formula is C40H53FN4O13S. The summed E-state index contributed by atoms with van der Waals surface area (Å²) >= 11 is 0. The molecule has 3 N–H and O–H groups in total.